The molecule has 3 rings (SSSR count). The molecular weight excluding hydrogens is 439 g/mol. The molecule has 3 amide bonds. The van der Waals surface area contributed by atoms with Gasteiger partial charge in [-0.25, -0.2) is 14.2 Å². The van der Waals surface area contributed by atoms with Crippen molar-refractivity contribution in [2.75, 3.05) is 23.1 Å². The van der Waals surface area contributed by atoms with Gasteiger partial charge in [0.1, 0.15) is 17.1 Å². The second-order valence-electron chi connectivity index (χ2n) is 5.43. The highest BCUT2D eigenvalue weighted by molar-refractivity contribution is 9.10. The number of amides is 3. The van der Waals surface area contributed by atoms with E-state index in [2.05, 4.69) is 36.9 Å². The molecule has 0 bridgehead atoms. The summed E-state index contributed by atoms with van der Waals surface area (Å²) in [6, 6.07) is 7.01. The minimum absolute atomic E-state index is 0.0504. The molecular formula is C17H14BrFN4O3S. The maximum atomic E-state index is 13.8. The second kappa shape index (κ2) is 7.89. The van der Waals surface area contributed by atoms with Gasteiger partial charge in [-0.3, -0.25) is 4.79 Å². The van der Waals surface area contributed by atoms with Crippen molar-refractivity contribution in [2.45, 2.75) is 6.92 Å². The maximum Gasteiger partial charge on any atom is 0.323 e. The molecule has 0 radical (unpaired) electrons. The Bertz CT molecular complexity index is 1040. The number of carbonyl (C=O) groups excluding carboxylic acids is 2. The van der Waals surface area contributed by atoms with Gasteiger partial charge in [0.05, 0.1) is 17.5 Å². The van der Waals surface area contributed by atoms with Crippen molar-refractivity contribution in [2.24, 2.45) is 0 Å². The highest BCUT2D eigenvalue weighted by Crippen LogP contribution is 2.35. The minimum atomic E-state index is -0.607. The van der Waals surface area contributed by atoms with Gasteiger partial charge < -0.3 is 20.7 Å². The number of carbonyl (C=O) groups is 2. The third-order valence-corrected chi connectivity index (χ3v) is 4.81. The van der Waals surface area contributed by atoms with Crippen molar-refractivity contribution in [1.82, 2.24) is 4.98 Å². The first kappa shape index (κ1) is 19.1. The number of benzene rings is 2. The van der Waals surface area contributed by atoms with E-state index in [0.29, 0.717) is 31.3 Å². The molecule has 1 heterocycles. The lowest BCUT2D eigenvalue weighted by Crippen LogP contribution is -2.20. The fourth-order valence-corrected chi connectivity index (χ4v) is 3.61. The molecule has 0 fully saturated rings. The van der Waals surface area contributed by atoms with E-state index in [1.54, 1.807) is 18.2 Å². The van der Waals surface area contributed by atoms with Crippen molar-refractivity contribution in [3.63, 3.8) is 0 Å². The number of fused-ring (bicyclic) bond motifs is 1. The maximum absolute atomic E-state index is 13.8. The Morgan fingerprint density at radius 2 is 1.96 bits per heavy atom. The number of aromatic nitrogens is 1. The normalized spacial score (nSPS) is 10.5. The number of nitrogens with zero attached hydrogens (tertiary/aromatic N) is 1. The third kappa shape index (κ3) is 4.52. The van der Waals surface area contributed by atoms with E-state index in [1.807, 2.05) is 0 Å². The molecule has 3 N–H and O–H groups in total. The van der Waals surface area contributed by atoms with Crippen LogP contribution in [0, 0.1) is 5.82 Å². The van der Waals surface area contributed by atoms with Crippen LogP contribution in [0.3, 0.4) is 0 Å². The van der Waals surface area contributed by atoms with Crippen LogP contribution in [0.2, 0.25) is 0 Å². The van der Waals surface area contributed by atoms with Gasteiger partial charge in [-0.2, -0.15) is 0 Å². The van der Waals surface area contributed by atoms with Crippen molar-refractivity contribution >= 4 is 65.9 Å². The number of hydrogen-bond acceptors (Lipinski definition) is 5. The molecule has 7 nitrogen and oxygen atoms in total. The van der Waals surface area contributed by atoms with E-state index in [0.717, 1.165) is 0 Å². The van der Waals surface area contributed by atoms with Gasteiger partial charge in [0.15, 0.2) is 5.13 Å². The topological polar surface area (TPSA) is 92.4 Å². The fraction of sp³-hybridized carbons (Fsp3) is 0.118. The summed E-state index contributed by atoms with van der Waals surface area (Å²) in [5.74, 6) is -0.359. The van der Waals surface area contributed by atoms with E-state index < -0.39 is 11.8 Å². The zero-order chi connectivity index (χ0) is 19.6. The first-order valence-corrected chi connectivity index (χ1v) is 9.26. The van der Waals surface area contributed by atoms with Crippen molar-refractivity contribution in [3.05, 3.63) is 40.6 Å². The molecule has 27 heavy (non-hydrogen) atoms. The molecule has 140 valence electrons. The van der Waals surface area contributed by atoms with Gasteiger partial charge in [0.2, 0.25) is 5.91 Å². The number of methoxy groups -OCH3 is 1. The van der Waals surface area contributed by atoms with Gasteiger partial charge in [-0.15, -0.1) is 0 Å². The lowest BCUT2D eigenvalue weighted by molar-refractivity contribution is -0.114. The number of rotatable bonds is 4. The summed E-state index contributed by atoms with van der Waals surface area (Å²) in [5, 5.41) is 8.12. The Balaban J connectivity index is 1.83. The zero-order valence-corrected chi connectivity index (χ0v) is 16.6. The molecule has 2 aromatic carbocycles. The second-order valence-corrected chi connectivity index (χ2v) is 7.38. The summed E-state index contributed by atoms with van der Waals surface area (Å²) in [6.07, 6.45) is 0. The quantitative estimate of drug-likeness (QED) is 0.529. The van der Waals surface area contributed by atoms with Crippen LogP contribution >= 0.6 is 27.3 Å². The Labute approximate surface area is 166 Å². The van der Waals surface area contributed by atoms with E-state index in [9.17, 15) is 14.0 Å². The lowest BCUT2D eigenvalue weighted by Gasteiger charge is -2.10. The Morgan fingerprint density at radius 3 is 2.63 bits per heavy atom. The Hall–Kier alpha value is -2.72. The molecule has 0 saturated carbocycles. The number of nitrogens with one attached hydrogen (secondary N) is 3. The SMILES string of the molecule is COc1cc(NC(=O)Nc2ccc(Br)cc2F)cc2sc(NC(C)=O)nc12. The summed E-state index contributed by atoms with van der Waals surface area (Å²) in [6.45, 7) is 1.39. The monoisotopic (exact) mass is 452 g/mol. The highest BCUT2D eigenvalue weighted by atomic mass is 79.9. The van der Waals surface area contributed by atoms with Crippen molar-refractivity contribution in [3.8, 4) is 5.75 Å². The first-order chi connectivity index (χ1) is 12.9. The number of halogens is 2. The fourth-order valence-electron chi connectivity index (χ4n) is 2.31. The average molecular weight is 453 g/mol. The Kier molecular flexibility index (Phi) is 5.57. The summed E-state index contributed by atoms with van der Waals surface area (Å²) in [7, 11) is 1.48. The van der Waals surface area contributed by atoms with E-state index >= 15 is 0 Å². The number of anilines is 3. The predicted octanol–water partition coefficient (Wildman–Crippen LogP) is 4.81. The van der Waals surface area contributed by atoms with Crippen LogP contribution in [0.25, 0.3) is 10.2 Å². The smallest absolute Gasteiger partial charge is 0.323 e. The number of urea groups is 1. The summed E-state index contributed by atoms with van der Waals surface area (Å²) in [5.41, 5.74) is 1.05. The molecule has 10 heteroatoms. The predicted molar refractivity (Wildman–Crippen MR) is 107 cm³/mol. The number of thiazole rings is 1. The summed E-state index contributed by atoms with van der Waals surface area (Å²) < 4.78 is 20.4. The van der Waals surface area contributed by atoms with Crippen LogP contribution in [0.15, 0.2) is 34.8 Å². The summed E-state index contributed by atoms with van der Waals surface area (Å²) >= 11 is 4.40. The molecule has 1 aromatic heterocycles. The molecule has 0 aliphatic carbocycles. The van der Waals surface area contributed by atoms with Crippen LogP contribution in [0.5, 0.6) is 5.75 Å². The molecule has 0 aliphatic rings. The minimum Gasteiger partial charge on any atom is -0.494 e. The third-order valence-electron chi connectivity index (χ3n) is 3.40. The first-order valence-electron chi connectivity index (χ1n) is 7.65. The molecule has 0 saturated heterocycles. The van der Waals surface area contributed by atoms with Crippen molar-refractivity contribution < 1.29 is 18.7 Å². The van der Waals surface area contributed by atoms with Crippen LogP contribution < -0.4 is 20.7 Å². The van der Waals surface area contributed by atoms with Crippen LogP contribution in [0.1, 0.15) is 6.92 Å². The molecule has 3 aromatic rings. The molecule has 0 aliphatic heterocycles. The lowest BCUT2D eigenvalue weighted by atomic mass is 10.2. The van der Waals surface area contributed by atoms with Crippen LogP contribution in [-0.4, -0.2) is 24.0 Å². The van der Waals surface area contributed by atoms with E-state index in [1.165, 1.54) is 37.5 Å². The zero-order valence-electron chi connectivity index (χ0n) is 14.2. The average Bonchev–Trinajstić information content (AvgIpc) is 2.98. The van der Waals surface area contributed by atoms with Gasteiger partial charge in [0.25, 0.3) is 0 Å². The van der Waals surface area contributed by atoms with E-state index in [-0.39, 0.29) is 11.6 Å². The standard InChI is InChI=1S/C17H14BrFN4O3S/c1-8(24)20-17-23-15-13(26-2)6-10(7-14(15)27-17)21-16(25)22-12-4-3-9(18)5-11(12)19/h3-7H,1-2H3,(H,20,23,24)(H2,21,22,25). The molecule has 0 atom stereocenters. The van der Waals surface area contributed by atoms with Gasteiger partial charge in [-0.1, -0.05) is 27.3 Å². The number of hydrogen-bond donors (Lipinski definition) is 3. The molecule has 0 spiro atoms. The van der Waals surface area contributed by atoms with Crippen LogP contribution in [0.4, 0.5) is 25.7 Å². The van der Waals surface area contributed by atoms with Gasteiger partial charge in [-0.05, 0) is 24.3 Å². The van der Waals surface area contributed by atoms with Crippen LogP contribution in [-0.2, 0) is 4.79 Å². The van der Waals surface area contributed by atoms with Crippen molar-refractivity contribution in [1.29, 1.82) is 0 Å². The largest absolute Gasteiger partial charge is 0.494 e. The summed E-state index contributed by atoms with van der Waals surface area (Å²) in [4.78, 5) is 27.7. The van der Waals surface area contributed by atoms with E-state index in [4.69, 9.17) is 4.74 Å². The van der Waals surface area contributed by atoms with Gasteiger partial charge in [0, 0.05) is 23.2 Å². The Morgan fingerprint density at radius 1 is 1.19 bits per heavy atom. The van der Waals surface area contributed by atoms with Gasteiger partial charge >= 0.3 is 6.03 Å². The molecule has 0 unspecified atom stereocenters. The highest BCUT2D eigenvalue weighted by Gasteiger charge is 2.14. The number of ether oxygens (including phenoxy) is 1.